The van der Waals surface area contributed by atoms with Crippen molar-refractivity contribution >= 4 is 28.8 Å². The fourth-order valence-corrected chi connectivity index (χ4v) is 6.65. The number of imidazole rings is 1. The number of nitrogens with one attached hydrogen (secondary N) is 2. The summed E-state index contributed by atoms with van der Waals surface area (Å²) in [5, 5.41) is 6.19. The van der Waals surface area contributed by atoms with Crippen LogP contribution in [0.2, 0.25) is 0 Å². The summed E-state index contributed by atoms with van der Waals surface area (Å²) in [5.41, 5.74) is 3.74. The molecule has 42 heavy (non-hydrogen) atoms. The summed E-state index contributed by atoms with van der Waals surface area (Å²) in [4.78, 5) is 33.5. The van der Waals surface area contributed by atoms with Gasteiger partial charge in [0.15, 0.2) is 0 Å². The van der Waals surface area contributed by atoms with E-state index in [9.17, 15) is 9.59 Å². The zero-order chi connectivity index (χ0) is 29.8. The first-order chi connectivity index (χ1) is 20.2. The maximum absolute atomic E-state index is 13.3. The van der Waals surface area contributed by atoms with Gasteiger partial charge in [-0.25, -0.2) is 4.98 Å². The predicted molar refractivity (Wildman–Crippen MR) is 168 cm³/mol. The lowest BCUT2D eigenvalue weighted by Crippen LogP contribution is -2.37. The molecule has 0 unspecified atom stereocenters. The number of rotatable bonds is 9. The molecule has 2 amide bonds. The van der Waals surface area contributed by atoms with E-state index in [0.717, 1.165) is 68.2 Å². The lowest BCUT2D eigenvalue weighted by molar-refractivity contribution is -0.126. The molecule has 2 fully saturated rings. The molecule has 0 radical (unpaired) electrons. The Kier molecular flexibility index (Phi) is 9.51. The average Bonchev–Trinajstić information content (AvgIpc) is 3.34. The van der Waals surface area contributed by atoms with Gasteiger partial charge in [-0.15, -0.1) is 0 Å². The lowest BCUT2D eigenvalue weighted by Gasteiger charge is -2.34. The van der Waals surface area contributed by atoms with Crippen LogP contribution in [0.1, 0.15) is 88.2 Å². The maximum atomic E-state index is 13.3. The van der Waals surface area contributed by atoms with Gasteiger partial charge in [-0.1, -0.05) is 19.9 Å². The first-order valence-corrected chi connectivity index (χ1v) is 15.7. The highest BCUT2D eigenvalue weighted by Gasteiger charge is 2.30. The highest BCUT2D eigenvalue weighted by Crippen LogP contribution is 2.37. The molecule has 3 aromatic rings. The van der Waals surface area contributed by atoms with Gasteiger partial charge >= 0.3 is 0 Å². The molecule has 5 rings (SSSR count). The van der Waals surface area contributed by atoms with Crippen LogP contribution < -0.4 is 15.4 Å². The third kappa shape index (κ3) is 6.97. The van der Waals surface area contributed by atoms with Crippen molar-refractivity contribution in [2.45, 2.75) is 84.8 Å². The minimum Gasteiger partial charge on any atom is -0.497 e. The molecule has 0 spiro atoms. The molecule has 1 saturated carbocycles. The fraction of sp³-hybridized carbons (Fsp3) is 0.559. The Bertz CT molecular complexity index is 1360. The van der Waals surface area contributed by atoms with E-state index in [1.54, 1.807) is 31.4 Å². The van der Waals surface area contributed by atoms with Gasteiger partial charge in [0.1, 0.15) is 5.75 Å². The van der Waals surface area contributed by atoms with Crippen molar-refractivity contribution in [3.8, 4) is 5.75 Å². The van der Waals surface area contributed by atoms with Gasteiger partial charge in [0, 0.05) is 30.1 Å². The monoisotopic (exact) mass is 573 g/mol. The van der Waals surface area contributed by atoms with Crippen molar-refractivity contribution in [1.82, 2.24) is 19.8 Å². The van der Waals surface area contributed by atoms with E-state index in [4.69, 9.17) is 9.72 Å². The molecule has 2 N–H and O–H groups in total. The van der Waals surface area contributed by atoms with Crippen molar-refractivity contribution < 1.29 is 14.3 Å². The van der Waals surface area contributed by atoms with E-state index >= 15 is 0 Å². The van der Waals surface area contributed by atoms with Crippen LogP contribution in [0, 0.1) is 17.8 Å². The van der Waals surface area contributed by atoms with E-state index in [0.29, 0.717) is 17.3 Å². The summed E-state index contributed by atoms with van der Waals surface area (Å²) < 4.78 is 7.48. The van der Waals surface area contributed by atoms with Crippen LogP contribution in [-0.4, -0.2) is 52.5 Å². The summed E-state index contributed by atoms with van der Waals surface area (Å²) in [5.74, 6) is 2.81. The maximum Gasteiger partial charge on any atom is 0.257 e. The highest BCUT2D eigenvalue weighted by atomic mass is 16.5. The van der Waals surface area contributed by atoms with Crippen LogP contribution >= 0.6 is 0 Å². The Morgan fingerprint density at radius 3 is 2.26 bits per heavy atom. The third-order valence-electron chi connectivity index (χ3n) is 9.18. The number of likely N-dealkylation sites (tertiary alicyclic amines) is 1. The molecule has 2 aliphatic rings. The second-order valence-corrected chi connectivity index (χ2v) is 12.8. The van der Waals surface area contributed by atoms with Gasteiger partial charge in [0.2, 0.25) is 11.9 Å². The van der Waals surface area contributed by atoms with E-state index in [2.05, 4.69) is 52.1 Å². The second kappa shape index (κ2) is 13.3. The summed E-state index contributed by atoms with van der Waals surface area (Å²) in [7, 11) is 1.61. The van der Waals surface area contributed by atoms with Gasteiger partial charge in [-0.3, -0.25) is 19.8 Å². The molecule has 226 valence electrons. The van der Waals surface area contributed by atoms with Crippen molar-refractivity contribution in [3.63, 3.8) is 0 Å². The Balaban J connectivity index is 1.39. The largest absolute Gasteiger partial charge is 0.497 e. The minimum atomic E-state index is -0.201. The molecule has 0 atom stereocenters. The number of benzene rings is 2. The van der Waals surface area contributed by atoms with E-state index in [-0.39, 0.29) is 29.8 Å². The number of anilines is 1. The number of carbonyl (C=O) groups is 2. The molecule has 8 heteroatoms. The normalized spacial score (nSPS) is 20.3. The van der Waals surface area contributed by atoms with Gasteiger partial charge in [-0.2, -0.15) is 0 Å². The summed E-state index contributed by atoms with van der Waals surface area (Å²) in [6, 6.07) is 13.9. The average molecular weight is 574 g/mol. The molecule has 1 aromatic heterocycles. The number of piperidine rings is 1. The molecular formula is C34H47N5O3. The number of methoxy groups -OCH3 is 1. The Hall–Kier alpha value is -3.39. The quantitative estimate of drug-likeness (QED) is 0.308. The molecule has 8 nitrogen and oxygen atoms in total. The molecule has 1 saturated heterocycles. The van der Waals surface area contributed by atoms with E-state index in [1.807, 2.05) is 13.8 Å². The Morgan fingerprint density at radius 1 is 0.952 bits per heavy atom. The molecule has 1 aliphatic carbocycles. The smallest absolute Gasteiger partial charge is 0.257 e. The number of amides is 2. The fourth-order valence-electron chi connectivity index (χ4n) is 6.65. The van der Waals surface area contributed by atoms with Crippen LogP contribution in [0.15, 0.2) is 42.5 Å². The number of ether oxygens (including phenoxy) is 1. The SMILES string of the molecule is COc1ccc(C(=O)Nc2nc3ccc(CN4CCC(C(C)C)CC4)cc3n2C2CCC(C(=O)NC(C)C)CC2)cc1. The predicted octanol–water partition coefficient (Wildman–Crippen LogP) is 6.42. The number of nitrogens with zero attached hydrogens (tertiary/aromatic N) is 3. The first kappa shape index (κ1) is 30.1. The van der Waals surface area contributed by atoms with Crippen molar-refractivity contribution in [2.75, 3.05) is 25.5 Å². The highest BCUT2D eigenvalue weighted by molar-refractivity contribution is 6.04. The molecule has 2 aromatic carbocycles. The Labute approximate surface area is 250 Å². The summed E-state index contributed by atoms with van der Waals surface area (Å²) in [6.45, 7) is 11.9. The van der Waals surface area contributed by atoms with Crippen LogP contribution in [0.3, 0.4) is 0 Å². The molecule has 2 heterocycles. The van der Waals surface area contributed by atoms with Crippen LogP contribution in [-0.2, 0) is 11.3 Å². The zero-order valence-corrected chi connectivity index (χ0v) is 25.9. The van der Waals surface area contributed by atoms with Crippen LogP contribution in [0.25, 0.3) is 11.0 Å². The second-order valence-electron chi connectivity index (χ2n) is 12.8. The topological polar surface area (TPSA) is 88.5 Å². The molecule has 1 aliphatic heterocycles. The number of hydrogen-bond acceptors (Lipinski definition) is 5. The van der Waals surface area contributed by atoms with Gasteiger partial charge in [0.05, 0.1) is 18.1 Å². The zero-order valence-electron chi connectivity index (χ0n) is 25.9. The van der Waals surface area contributed by atoms with E-state index < -0.39 is 0 Å². The van der Waals surface area contributed by atoms with Gasteiger partial charge in [0.25, 0.3) is 5.91 Å². The first-order valence-electron chi connectivity index (χ1n) is 15.7. The molecular weight excluding hydrogens is 526 g/mol. The number of fused-ring (bicyclic) bond motifs is 1. The summed E-state index contributed by atoms with van der Waals surface area (Å²) in [6.07, 6.45) is 5.87. The number of aromatic nitrogens is 2. The van der Waals surface area contributed by atoms with E-state index in [1.165, 1.54) is 18.4 Å². The van der Waals surface area contributed by atoms with Crippen molar-refractivity contribution in [1.29, 1.82) is 0 Å². The third-order valence-corrected chi connectivity index (χ3v) is 9.18. The standard InChI is InChI=1S/C34H47N5O3/c1-22(2)25-16-18-38(19-17-25)21-24-6-15-30-31(20-24)39(28-11-7-26(8-12-28)32(40)35-23(3)4)34(36-30)37-33(41)27-9-13-29(42-5)14-10-27/h6,9-10,13-15,20,22-23,25-26,28H,7-8,11-12,16-19,21H2,1-5H3,(H,35,40)(H,36,37,41). The van der Waals surface area contributed by atoms with Crippen LogP contribution in [0.5, 0.6) is 5.75 Å². The van der Waals surface area contributed by atoms with Gasteiger partial charge < -0.3 is 14.6 Å². The van der Waals surface area contributed by atoms with Gasteiger partial charge in [-0.05, 0) is 119 Å². The Morgan fingerprint density at radius 2 is 1.64 bits per heavy atom. The molecule has 0 bridgehead atoms. The minimum absolute atomic E-state index is 0.0279. The van der Waals surface area contributed by atoms with Crippen molar-refractivity contribution in [2.24, 2.45) is 17.8 Å². The number of hydrogen-bond donors (Lipinski definition) is 2. The van der Waals surface area contributed by atoms with Crippen LogP contribution in [0.4, 0.5) is 5.95 Å². The lowest BCUT2D eigenvalue weighted by atomic mass is 9.85. The van der Waals surface area contributed by atoms with Crippen molar-refractivity contribution in [3.05, 3.63) is 53.6 Å². The number of carbonyl (C=O) groups excluding carboxylic acids is 2. The summed E-state index contributed by atoms with van der Waals surface area (Å²) >= 11 is 0.